The maximum absolute atomic E-state index is 14.0. The summed E-state index contributed by atoms with van der Waals surface area (Å²) in [7, 11) is -3.79. The molecule has 6 heteroatoms. The normalized spacial score (nSPS) is 13.7. The van der Waals surface area contributed by atoms with E-state index in [4.69, 9.17) is 5.73 Å². The van der Waals surface area contributed by atoms with Gasteiger partial charge in [-0.15, -0.1) is 0 Å². The fraction of sp³-hybridized carbons (Fsp3) is 0.571. The highest BCUT2D eigenvalue weighted by Crippen LogP contribution is 2.21. The lowest BCUT2D eigenvalue weighted by Crippen LogP contribution is -2.35. The average Bonchev–Trinajstić information content (AvgIpc) is 2.43. The van der Waals surface area contributed by atoms with Crippen LogP contribution >= 0.6 is 0 Å². The van der Waals surface area contributed by atoms with Crippen LogP contribution in [0.2, 0.25) is 0 Å². The van der Waals surface area contributed by atoms with Gasteiger partial charge in [0.1, 0.15) is 10.7 Å². The van der Waals surface area contributed by atoms with E-state index >= 15 is 0 Å². The minimum absolute atomic E-state index is 0.182. The van der Waals surface area contributed by atoms with E-state index in [1.807, 2.05) is 13.8 Å². The van der Waals surface area contributed by atoms with Crippen molar-refractivity contribution in [1.82, 2.24) is 4.31 Å². The van der Waals surface area contributed by atoms with Crippen LogP contribution in [0.1, 0.15) is 32.8 Å². The zero-order valence-corrected chi connectivity index (χ0v) is 13.1. The molecule has 114 valence electrons. The molecule has 0 aliphatic heterocycles. The first kappa shape index (κ1) is 17.1. The van der Waals surface area contributed by atoms with E-state index in [0.29, 0.717) is 18.7 Å². The van der Waals surface area contributed by atoms with Crippen LogP contribution in [0.4, 0.5) is 4.39 Å². The van der Waals surface area contributed by atoms with Crippen molar-refractivity contribution >= 4 is 10.0 Å². The third-order valence-corrected chi connectivity index (χ3v) is 5.39. The van der Waals surface area contributed by atoms with E-state index in [1.165, 1.54) is 16.4 Å². The number of hydrogen-bond acceptors (Lipinski definition) is 3. The summed E-state index contributed by atoms with van der Waals surface area (Å²) >= 11 is 0. The van der Waals surface area contributed by atoms with Crippen LogP contribution in [0.25, 0.3) is 0 Å². The van der Waals surface area contributed by atoms with Gasteiger partial charge in [-0.05, 0) is 23.6 Å². The van der Waals surface area contributed by atoms with Gasteiger partial charge >= 0.3 is 0 Å². The van der Waals surface area contributed by atoms with E-state index in [2.05, 4.69) is 0 Å². The second-order valence-electron chi connectivity index (χ2n) is 4.94. The fourth-order valence-electron chi connectivity index (χ4n) is 1.89. The highest BCUT2D eigenvalue weighted by atomic mass is 32.2. The van der Waals surface area contributed by atoms with Crippen LogP contribution in [0.15, 0.2) is 23.1 Å². The lowest BCUT2D eigenvalue weighted by Gasteiger charge is -2.23. The first-order valence-corrected chi connectivity index (χ1v) is 8.29. The van der Waals surface area contributed by atoms with Crippen LogP contribution in [0, 0.1) is 11.7 Å². The molecule has 1 unspecified atom stereocenters. The number of nitrogens with zero attached hydrogens (tertiary/aromatic N) is 1. The Morgan fingerprint density at radius 1 is 1.35 bits per heavy atom. The maximum atomic E-state index is 14.0. The van der Waals surface area contributed by atoms with Gasteiger partial charge < -0.3 is 5.73 Å². The van der Waals surface area contributed by atoms with Gasteiger partial charge in [-0.25, -0.2) is 12.8 Å². The Morgan fingerprint density at radius 2 is 2.00 bits per heavy atom. The number of hydrogen-bond donors (Lipinski definition) is 1. The topological polar surface area (TPSA) is 63.4 Å². The van der Waals surface area contributed by atoms with Gasteiger partial charge in [-0.3, -0.25) is 0 Å². The molecule has 1 aromatic rings. The molecule has 1 rings (SSSR count). The van der Waals surface area contributed by atoms with Crippen molar-refractivity contribution in [3.05, 3.63) is 29.6 Å². The van der Waals surface area contributed by atoms with Crippen LogP contribution < -0.4 is 5.73 Å². The van der Waals surface area contributed by atoms with Crippen molar-refractivity contribution in [2.24, 2.45) is 11.7 Å². The minimum Gasteiger partial charge on any atom is -0.326 e. The zero-order chi connectivity index (χ0) is 15.3. The Hall–Kier alpha value is -0.980. The van der Waals surface area contributed by atoms with Crippen molar-refractivity contribution in [3.8, 4) is 0 Å². The van der Waals surface area contributed by atoms with E-state index in [0.717, 1.165) is 6.42 Å². The van der Waals surface area contributed by atoms with Crippen molar-refractivity contribution < 1.29 is 12.8 Å². The van der Waals surface area contributed by atoms with E-state index < -0.39 is 15.8 Å². The molecule has 2 N–H and O–H groups in total. The van der Waals surface area contributed by atoms with Crippen molar-refractivity contribution in [2.45, 2.75) is 38.6 Å². The van der Waals surface area contributed by atoms with Gasteiger partial charge in [-0.1, -0.05) is 33.3 Å². The van der Waals surface area contributed by atoms with Gasteiger partial charge in [0.05, 0.1) is 0 Å². The molecule has 0 heterocycles. The second-order valence-corrected chi connectivity index (χ2v) is 6.84. The third-order valence-electron chi connectivity index (χ3n) is 3.41. The number of benzene rings is 1. The summed E-state index contributed by atoms with van der Waals surface area (Å²) in [5.74, 6) is -0.508. The van der Waals surface area contributed by atoms with Crippen LogP contribution in [-0.4, -0.2) is 25.8 Å². The van der Waals surface area contributed by atoms with Crippen LogP contribution in [0.5, 0.6) is 0 Å². The van der Waals surface area contributed by atoms with Crippen LogP contribution in [-0.2, 0) is 16.6 Å². The molecule has 0 spiro atoms. The molecule has 20 heavy (non-hydrogen) atoms. The summed E-state index contributed by atoms with van der Waals surface area (Å²) in [5.41, 5.74) is 6.00. The Kier molecular flexibility index (Phi) is 6.10. The van der Waals surface area contributed by atoms with Gasteiger partial charge in [0, 0.05) is 19.6 Å². The highest BCUT2D eigenvalue weighted by molar-refractivity contribution is 7.89. The summed E-state index contributed by atoms with van der Waals surface area (Å²) in [6.45, 7) is 6.64. The van der Waals surface area contributed by atoms with Gasteiger partial charge in [-0.2, -0.15) is 4.31 Å². The third kappa shape index (κ3) is 3.77. The van der Waals surface area contributed by atoms with Gasteiger partial charge in [0.2, 0.25) is 10.0 Å². The van der Waals surface area contributed by atoms with E-state index in [1.54, 1.807) is 13.0 Å². The first-order chi connectivity index (χ1) is 9.36. The lowest BCUT2D eigenvalue weighted by molar-refractivity contribution is 0.360. The molecule has 0 bridgehead atoms. The smallest absolute Gasteiger partial charge is 0.245 e. The molecule has 0 fully saturated rings. The first-order valence-electron chi connectivity index (χ1n) is 6.85. The summed E-state index contributed by atoms with van der Waals surface area (Å²) in [5, 5.41) is 0. The second kappa shape index (κ2) is 7.15. The van der Waals surface area contributed by atoms with Gasteiger partial charge in [0.15, 0.2) is 0 Å². The molecular weight excluding hydrogens is 279 g/mol. The lowest BCUT2D eigenvalue weighted by atomic mass is 10.1. The molecule has 0 saturated carbocycles. The van der Waals surface area contributed by atoms with Gasteiger partial charge in [0.25, 0.3) is 0 Å². The molecule has 0 amide bonds. The zero-order valence-electron chi connectivity index (χ0n) is 12.3. The summed E-state index contributed by atoms with van der Waals surface area (Å²) in [4.78, 5) is -0.278. The minimum atomic E-state index is -3.79. The summed E-state index contributed by atoms with van der Waals surface area (Å²) in [6, 6.07) is 4.03. The molecule has 1 aromatic carbocycles. The summed E-state index contributed by atoms with van der Waals surface area (Å²) in [6.07, 6.45) is 0.876. The molecule has 0 saturated heterocycles. The van der Waals surface area contributed by atoms with Crippen molar-refractivity contribution in [3.63, 3.8) is 0 Å². The van der Waals surface area contributed by atoms with E-state index in [9.17, 15) is 12.8 Å². The molecular formula is C14H23FN2O2S. The van der Waals surface area contributed by atoms with Crippen molar-refractivity contribution in [2.75, 3.05) is 13.1 Å². The number of halogens is 1. The molecule has 0 aromatic heterocycles. The largest absolute Gasteiger partial charge is 0.326 e. The number of nitrogens with two attached hydrogens (primary N) is 1. The summed E-state index contributed by atoms with van der Waals surface area (Å²) < 4.78 is 40.3. The predicted molar refractivity (Wildman–Crippen MR) is 78.2 cm³/mol. The average molecular weight is 302 g/mol. The standard InChI is InChI=1S/C14H23FN2O2S/c1-4-11(3)10-17(5-2)20(18,19)14-7-6-12(9-16)8-13(14)15/h6-8,11H,4-5,9-10,16H2,1-3H3. The fourth-order valence-corrected chi connectivity index (χ4v) is 3.51. The number of sulfonamides is 1. The number of rotatable bonds is 7. The molecule has 4 nitrogen and oxygen atoms in total. The molecule has 1 atom stereocenters. The Labute approximate surface area is 120 Å². The Morgan fingerprint density at radius 3 is 2.45 bits per heavy atom. The Bertz CT molecular complexity index is 546. The molecule has 0 radical (unpaired) electrons. The van der Waals surface area contributed by atoms with Crippen molar-refractivity contribution in [1.29, 1.82) is 0 Å². The quantitative estimate of drug-likeness (QED) is 0.841. The Balaban J connectivity index is 3.14. The SMILES string of the molecule is CCC(C)CN(CC)S(=O)(=O)c1ccc(CN)cc1F. The molecule has 0 aliphatic rings. The highest BCUT2D eigenvalue weighted by Gasteiger charge is 2.27. The molecule has 0 aliphatic carbocycles. The maximum Gasteiger partial charge on any atom is 0.245 e. The van der Waals surface area contributed by atoms with E-state index in [-0.39, 0.29) is 17.4 Å². The predicted octanol–water partition coefficient (Wildman–Crippen LogP) is 2.34. The van der Waals surface area contributed by atoms with Crippen LogP contribution in [0.3, 0.4) is 0 Å². The monoisotopic (exact) mass is 302 g/mol.